The van der Waals surface area contributed by atoms with Crippen LogP contribution in [0.3, 0.4) is 0 Å². The van der Waals surface area contributed by atoms with Crippen LogP contribution in [0, 0.1) is 0 Å². The second-order valence-electron chi connectivity index (χ2n) is 3.26. The maximum atomic E-state index is 3.52. The molecule has 2 nitrogen and oxygen atoms in total. The van der Waals surface area contributed by atoms with Crippen LogP contribution in [0.2, 0.25) is 0 Å². The smallest absolute Gasteiger partial charge is 0.0221 e. The quantitative estimate of drug-likeness (QED) is 0.637. The maximum Gasteiger partial charge on any atom is 0.0221 e. The van der Waals surface area contributed by atoms with Gasteiger partial charge in [-0.05, 0) is 25.9 Å². The van der Waals surface area contributed by atoms with E-state index in [2.05, 4.69) is 24.5 Å². The third kappa shape index (κ3) is 2.46. The Labute approximate surface area is 69.8 Å². The lowest BCUT2D eigenvalue weighted by Gasteiger charge is -2.20. The fraction of sp³-hybridized carbons (Fsp3) is 1.00. The van der Waals surface area contributed by atoms with Crippen molar-refractivity contribution in [2.75, 3.05) is 13.1 Å². The summed E-state index contributed by atoms with van der Waals surface area (Å²) in [6.45, 7) is 6.57. The van der Waals surface area contributed by atoms with Crippen molar-refractivity contribution in [1.82, 2.24) is 10.6 Å². The van der Waals surface area contributed by atoms with E-state index in [0.717, 1.165) is 25.2 Å². The first-order valence-corrected chi connectivity index (χ1v) is 4.85. The molecule has 1 aliphatic rings. The molecular formula is C9H20N2. The van der Waals surface area contributed by atoms with Gasteiger partial charge in [0.1, 0.15) is 0 Å². The molecule has 2 unspecified atom stereocenters. The summed E-state index contributed by atoms with van der Waals surface area (Å²) in [5.41, 5.74) is 0. The standard InChI is InChI=1S/C9H20N2/c1-3-10-8-6-5-7-9(8)11-4-2/h8-11H,3-7H2,1-2H3. The number of rotatable bonds is 4. The highest BCUT2D eigenvalue weighted by atomic mass is 15.0. The minimum absolute atomic E-state index is 0.736. The lowest BCUT2D eigenvalue weighted by atomic mass is 10.2. The van der Waals surface area contributed by atoms with Crippen LogP contribution in [0.1, 0.15) is 33.1 Å². The molecule has 0 heterocycles. The van der Waals surface area contributed by atoms with Gasteiger partial charge in [-0.2, -0.15) is 0 Å². The van der Waals surface area contributed by atoms with Crippen molar-refractivity contribution >= 4 is 0 Å². The fourth-order valence-electron chi connectivity index (χ4n) is 1.97. The van der Waals surface area contributed by atoms with Crippen molar-refractivity contribution in [3.8, 4) is 0 Å². The van der Waals surface area contributed by atoms with Crippen LogP contribution in [-0.4, -0.2) is 25.2 Å². The Morgan fingerprint density at radius 2 is 1.45 bits per heavy atom. The Morgan fingerprint density at radius 3 is 1.82 bits per heavy atom. The van der Waals surface area contributed by atoms with E-state index in [1.54, 1.807) is 0 Å². The van der Waals surface area contributed by atoms with Gasteiger partial charge in [0.2, 0.25) is 0 Å². The second kappa shape index (κ2) is 4.73. The Bertz CT molecular complexity index is 91.7. The molecule has 0 spiro atoms. The predicted molar refractivity (Wildman–Crippen MR) is 48.8 cm³/mol. The first-order valence-electron chi connectivity index (χ1n) is 4.85. The predicted octanol–water partition coefficient (Wildman–Crippen LogP) is 1.13. The van der Waals surface area contributed by atoms with Crippen LogP contribution in [0.15, 0.2) is 0 Å². The molecular weight excluding hydrogens is 136 g/mol. The molecule has 0 aromatic heterocycles. The van der Waals surface area contributed by atoms with Gasteiger partial charge in [-0.15, -0.1) is 0 Å². The van der Waals surface area contributed by atoms with Crippen LogP contribution >= 0.6 is 0 Å². The molecule has 0 radical (unpaired) electrons. The summed E-state index contributed by atoms with van der Waals surface area (Å²) in [6, 6.07) is 1.47. The van der Waals surface area contributed by atoms with Crippen molar-refractivity contribution in [2.45, 2.75) is 45.2 Å². The highest BCUT2D eigenvalue weighted by molar-refractivity contribution is 4.87. The Morgan fingerprint density at radius 1 is 1.00 bits per heavy atom. The van der Waals surface area contributed by atoms with E-state index in [1.807, 2.05) is 0 Å². The summed E-state index contributed by atoms with van der Waals surface area (Å²) in [6.07, 6.45) is 4.09. The molecule has 0 aromatic carbocycles. The van der Waals surface area contributed by atoms with E-state index in [1.165, 1.54) is 19.3 Å². The lowest BCUT2D eigenvalue weighted by molar-refractivity contribution is 0.424. The van der Waals surface area contributed by atoms with Crippen molar-refractivity contribution in [3.63, 3.8) is 0 Å². The molecule has 11 heavy (non-hydrogen) atoms. The zero-order valence-electron chi connectivity index (χ0n) is 7.69. The molecule has 2 atom stereocenters. The molecule has 0 bridgehead atoms. The summed E-state index contributed by atoms with van der Waals surface area (Å²) < 4.78 is 0. The largest absolute Gasteiger partial charge is 0.313 e. The summed E-state index contributed by atoms with van der Waals surface area (Å²) >= 11 is 0. The normalized spacial score (nSPS) is 31.1. The zero-order valence-corrected chi connectivity index (χ0v) is 7.69. The molecule has 0 amide bonds. The number of hydrogen-bond donors (Lipinski definition) is 2. The molecule has 1 saturated carbocycles. The van der Waals surface area contributed by atoms with Crippen molar-refractivity contribution in [2.24, 2.45) is 0 Å². The van der Waals surface area contributed by atoms with Gasteiger partial charge in [-0.3, -0.25) is 0 Å². The van der Waals surface area contributed by atoms with E-state index in [0.29, 0.717) is 0 Å². The monoisotopic (exact) mass is 156 g/mol. The van der Waals surface area contributed by atoms with Crippen molar-refractivity contribution in [3.05, 3.63) is 0 Å². The Balaban J connectivity index is 2.25. The first-order chi connectivity index (χ1) is 5.38. The Kier molecular flexibility index (Phi) is 3.87. The SMILES string of the molecule is CCNC1CCCC1NCC. The van der Waals surface area contributed by atoms with Crippen LogP contribution in [-0.2, 0) is 0 Å². The van der Waals surface area contributed by atoms with E-state index in [9.17, 15) is 0 Å². The minimum Gasteiger partial charge on any atom is -0.313 e. The van der Waals surface area contributed by atoms with Gasteiger partial charge < -0.3 is 10.6 Å². The zero-order chi connectivity index (χ0) is 8.10. The van der Waals surface area contributed by atoms with Gasteiger partial charge in [0, 0.05) is 12.1 Å². The third-order valence-electron chi connectivity index (χ3n) is 2.45. The molecule has 0 aliphatic heterocycles. The van der Waals surface area contributed by atoms with Crippen LogP contribution in [0.25, 0.3) is 0 Å². The number of hydrogen-bond acceptors (Lipinski definition) is 2. The van der Waals surface area contributed by atoms with Crippen LogP contribution in [0.4, 0.5) is 0 Å². The van der Waals surface area contributed by atoms with Crippen molar-refractivity contribution < 1.29 is 0 Å². The van der Waals surface area contributed by atoms with Gasteiger partial charge >= 0.3 is 0 Å². The van der Waals surface area contributed by atoms with E-state index in [-0.39, 0.29) is 0 Å². The van der Waals surface area contributed by atoms with Crippen LogP contribution < -0.4 is 10.6 Å². The highest BCUT2D eigenvalue weighted by Crippen LogP contribution is 2.18. The van der Waals surface area contributed by atoms with E-state index < -0.39 is 0 Å². The van der Waals surface area contributed by atoms with Gasteiger partial charge in [-0.1, -0.05) is 20.3 Å². The average Bonchev–Trinajstić information content (AvgIpc) is 2.39. The molecule has 66 valence electrons. The van der Waals surface area contributed by atoms with Gasteiger partial charge in [-0.25, -0.2) is 0 Å². The summed E-state index contributed by atoms with van der Waals surface area (Å²) in [5.74, 6) is 0. The van der Waals surface area contributed by atoms with E-state index in [4.69, 9.17) is 0 Å². The Hall–Kier alpha value is -0.0800. The second-order valence-corrected chi connectivity index (χ2v) is 3.26. The molecule has 2 N–H and O–H groups in total. The fourth-order valence-corrected chi connectivity index (χ4v) is 1.97. The third-order valence-corrected chi connectivity index (χ3v) is 2.45. The molecule has 1 rings (SSSR count). The molecule has 0 saturated heterocycles. The van der Waals surface area contributed by atoms with Gasteiger partial charge in [0.25, 0.3) is 0 Å². The summed E-state index contributed by atoms with van der Waals surface area (Å²) in [7, 11) is 0. The average molecular weight is 156 g/mol. The lowest BCUT2D eigenvalue weighted by Crippen LogP contribution is -2.44. The van der Waals surface area contributed by atoms with E-state index >= 15 is 0 Å². The number of likely N-dealkylation sites (N-methyl/N-ethyl adjacent to an activating group) is 2. The minimum atomic E-state index is 0.736. The van der Waals surface area contributed by atoms with Crippen molar-refractivity contribution in [1.29, 1.82) is 0 Å². The highest BCUT2D eigenvalue weighted by Gasteiger charge is 2.24. The molecule has 2 heteroatoms. The molecule has 1 aliphatic carbocycles. The van der Waals surface area contributed by atoms with Gasteiger partial charge in [0.05, 0.1) is 0 Å². The summed E-state index contributed by atoms with van der Waals surface area (Å²) in [5, 5.41) is 7.03. The summed E-state index contributed by atoms with van der Waals surface area (Å²) in [4.78, 5) is 0. The maximum absolute atomic E-state index is 3.52. The number of nitrogens with one attached hydrogen (secondary N) is 2. The molecule has 1 fully saturated rings. The topological polar surface area (TPSA) is 24.1 Å². The van der Waals surface area contributed by atoms with Gasteiger partial charge in [0.15, 0.2) is 0 Å². The molecule has 0 aromatic rings. The first kappa shape index (κ1) is 9.01. The van der Waals surface area contributed by atoms with Crippen LogP contribution in [0.5, 0.6) is 0 Å².